The van der Waals surface area contributed by atoms with Gasteiger partial charge in [-0.25, -0.2) is 4.79 Å². The summed E-state index contributed by atoms with van der Waals surface area (Å²) in [6.07, 6.45) is 5.90. The van der Waals surface area contributed by atoms with Crippen molar-refractivity contribution in [3.63, 3.8) is 0 Å². The number of hydrogen-bond donors (Lipinski definition) is 0. The number of ether oxygens (including phenoxy) is 3. The van der Waals surface area contributed by atoms with Crippen molar-refractivity contribution in [2.24, 2.45) is 0 Å². The number of rotatable bonds is 4. The van der Waals surface area contributed by atoms with Crippen molar-refractivity contribution >= 4 is 22.8 Å². The van der Waals surface area contributed by atoms with E-state index in [1.807, 2.05) is 35.2 Å². The largest absolute Gasteiger partial charge is 0.488 e. The maximum absolute atomic E-state index is 13.9. The molecule has 1 saturated heterocycles. The van der Waals surface area contributed by atoms with E-state index in [2.05, 4.69) is 16.7 Å². The van der Waals surface area contributed by atoms with Crippen LogP contribution in [0.3, 0.4) is 0 Å². The number of benzene rings is 2. The summed E-state index contributed by atoms with van der Waals surface area (Å²) in [5, 5.41) is 1.07. The zero-order valence-electron chi connectivity index (χ0n) is 20.7. The number of amides is 1. The Balaban J connectivity index is 1.64. The molecule has 3 aliphatic rings. The van der Waals surface area contributed by atoms with Crippen LogP contribution in [-0.4, -0.2) is 61.4 Å². The molecule has 2 aromatic carbocycles. The Bertz CT molecular complexity index is 1290. The van der Waals surface area contributed by atoms with E-state index in [4.69, 9.17) is 14.2 Å². The van der Waals surface area contributed by atoms with Crippen molar-refractivity contribution in [1.82, 2.24) is 9.47 Å². The Labute approximate surface area is 210 Å². The zero-order valence-corrected chi connectivity index (χ0v) is 20.7. The topological polar surface area (TPSA) is 70.0 Å². The van der Waals surface area contributed by atoms with Gasteiger partial charge in [0.15, 0.2) is 5.75 Å². The summed E-state index contributed by atoms with van der Waals surface area (Å²) in [4.78, 5) is 28.5. The van der Waals surface area contributed by atoms with Gasteiger partial charge in [0.25, 0.3) is 0 Å². The van der Waals surface area contributed by atoms with Crippen molar-refractivity contribution < 1.29 is 23.8 Å². The van der Waals surface area contributed by atoms with Crippen molar-refractivity contribution in [3.8, 4) is 17.0 Å². The molecule has 1 amide bonds. The average Bonchev–Trinajstić information content (AvgIpc) is 3.30. The molecule has 7 nitrogen and oxygen atoms in total. The van der Waals surface area contributed by atoms with Crippen LogP contribution in [0.15, 0.2) is 42.5 Å². The number of nitrogens with zero attached hydrogens (tertiary/aromatic N) is 2. The minimum atomic E-state index is -0.515. The maximum atomic E-state index is 13.9. The molecule has 0 N–H and O–H groups in total. The van der Waals surface area contributed by atoms with Crippen LogP contribution in [0.25, 0.3) is 22.2 Å². The summed E-state index contributed by atoms with van der Waals surface area (Å²) in [5.41, 5.74) is 4.67. The fourth-order valence-corrected chi connectivity index (χ4v) is 6.23. The van der Waals surface area contributed by atoms with E-state index < -0.39 is 12.0 Å². The third kappa shape index (κ3) is 3.77. The Kier molecular flexibility index (Phi) is 6.17. The smallest absolute Gasteiger partial charge is 0.341 e. The van der Waals surface area contributed by atoms with Gasteiger partial charge in [-0.05, 0) is 36.0 Å². The Morgan fingerprint density at radius 3 is 2.44 bits per heavy atom. The summed E-state index contributed by atoms with van der Waals surface area (Å²) in [6, 6.07) is 13.7. The maximum Gasteiger partial charge on any atom is 0.341 e. The van der Waals surface area contributed by atoms with Crippen molar-refractivity contribution in [2.75, 3.05) is 40.0 Å². The van der Waals surface area contributed by atoms with E-state index in [0.717, 1.165) is 35.0 Å². The molecule has 1 aliphatic carbocycles. The van der Waals surface area contributed by atoms with Gasteiger partial charge < -0.3 is 23.7 Å². The number of aromatic nitrogens is 1. The quantitative estimate of drug-likeness (QED) is 0.487. The zero-order chi connectivity index (χ0) is 24.6. The van der Waals surface area contributed by atoms with Crippen LogP contribution in [-0.2, 0) is 14.3 Å². The van der Waals surface area contributed by atoms with Gasteiger partial charge in [0.2, 0.25) is 5.91 Å². The lowest BCUT2D eigenvalue weighted by Crippen LogP contribution is -2.46. The van der Waals surface area contributed by atoms with Crippen LogP contribution in [0, 0.1) is 0 Å². The molecule has 188 valence electrons. The molecule has 0 bridgehead atoms. The van der Waals surface area contributed by atoms with E-state index in [9.17, 15) is 9.59 Å². The van der Waals surface area contributed by atoms with Gasteiger partial charge in [-0.15, -0.1) is 0 Å². The van der Waals surface area contributed by atoms with Gasteiger partial charge in [-0.1, -0.05) is 55.7 Å². The monoisotopic (exact) mass is 488 g/mol. The highest BCUT2D eigenvalue weighted by molar-refractivity contribution is 6.05. The number of carbonyl (C=O) groups is 2. The van der Waals surface area contributed by atoms with Gasteiger partial charge in [-0.2, -0.15) is 0 Å². The first kappa shape index (κ1) is 23.1. The van der Waals surface area contributed by atoms with Crippen molar-refractivity contribution in [3.05, 3.63) is 53.6 Å². The number of esters is 1. The molecule has 1 unspecified atom stereocenters. The van der Waals surface area contributed by atoms with E-state index >= 15 is 0 Å². The van der Waals surface area contributed by atoms with Crippen molar-refractivity contribution in [2.45, 2.75) is 44.1 Å². The fourth-order valence-electron chi connectivity index (χ4n) is 6.23. The second-order valence-electron chi connectivity index (χ2n) is 9.93. The second kappa shape index (κ2) is 9.62. The molecule has 1 saturated carbocycles. The molecular formula is C29H32N2O5. The van der Waals surface area contributed by atoms with Gasteiger partial charge >= 0.3 is 5.97 Å². The summed E-state index contributed by atoms with van der Waals surface area (Å²) in [6.45, 7) is 2.41. The Hall–Kier alpha value is -3.32. The first-order chi connectivity index (χ1) is 17.7. The highest BCUT2D eigenvalue weighted by atomic mass is 16.5. The van der Waals surface area contributed by atoms with Crippen LogP contribution < -0.4 is 4.74 Å². The lowest BCUT2D eigenvalue weighted by molar-refractivity contribution is -0.139. The third-order valence-electron chi connectivity index (χ3n) is 7.93. The lowest BCUT2D eigenvalue weighted by atomic mass is 9.81. The van der Waals surface area contributed by atoms with Crippen LogP contribution >= 0.6 is 0 Å². The van der Waals surface area contributed by atoms with Gasteiger partial charge in [0.05, 0.1) is 31.5 Å². The fraction of sp³-hybridized carbons (Fsp3) is 0.448. The summed E-state index contributed by atoms with van der Waals surface area (Å²) in [7, 11) is 1.38. The summed E-state index contributed by atoms with van der Waals surface area (Å²) in [5.74, 6) is 0.520. The van der Waals surface area contributed by atoms with Crippen LogP contribution in [0.2, 0.25) is 0 Å². The van der Waals surface area contributed by atoms with Crippen LogP contribution in [0.1, 0.15) is 60.0 Å². The molecule has 3 aromatic rings. The third-order valence-corrected chi connectivity index (χ3v) is 7.93. The highest BCUT2D eigenvalue weighted by Gasteiger charge is 2.39. The molecule has 2 aliphatic heterocycles. The molecule has 1 aromatic heterocycles. The average molecular weight is 489 g/mol. The highest BCUT2D eigenvalue weighted by Crippen LogP contribution is 2.50. The first-order valence-electron chi connectivity index (χ1n) is 13.0. The standard InChI is InChI=1S/C29H32N2O5/c1-34-29(33)22-13-12-21-24(19-8-4-2-5-9-19)25(20-10-6-3-7-11-20)31-23(18-36-27(22)26(21)31)28(32)30-14-16-35-17-15-30/h3,6-7,10-13,19,23H,2,4-5,8-9,14-18H2,1H3. The number of morpholine rings is 1. The molecular weight excluding hydrogens is 456 g/mol. The minimum Gasteiger partial charge on any atom is -0.488 e. The van der Waals surface area contributed by atoms with Crippen LogP contribution in [0.4, 0.5) is 0 Å². The van der Waals surface area contributed by atoms with E-state index in [0.29, 0.717) is 43.5 Å². The SMILES string of the molecule is COC(=O)c1ccc2c(C3CCCCC3)c(-c3ccccc3)n3c2c1OCC3C(=O)N1CCOCC1. The Morgan fingerprint density at radius 2 is 1.72 bits per heavy atom. The minimum absolute atomic E-state index is 0.0386. The molecule has 7 heteroatoms. The van der Waals surface area contributed by atoms with Gasteiger partial charge in [0.1, 0.15) is 18.2 Å². The molecule has 0 spiro atoms. The molecule has 36 heavy (non-hydrogen) atoms. The second-order valence-corrected chi connectivity index (χ2v) is 9.93. The number of hydrogen-bond acceptors (Lipinski definition) is 5. The predicted molar refractivity (Wildman–Crippen MR) is 136 cm³/mol. The summed E-state index contributed by atoms with van der Waals surface area (Å²) >= 11 is 0. The molecule has 1 atom stereocenters. The van der Waals surface area contributed by atoms with E-state index in [-0.39, 0.29) is 12.5 Å². The Morgan fingerprint density at radius 1 is 0.972 bits per heavy atom. The van der Waals surface area contributed by atoms with Gasteiger partial charge in [-0.3, -0.25) is 4.79 Å². The normalized spacial score (nSPS) is 20.2. The van der Waals surface area contributed by atoms with E-state index in [1.165, 1.54) is 31.9 Å². The van der Waals surface area contributed by atoms with Gasteiger partial charge in [0, 0.05) is 18.5 Å². The summed E-state index contributed by atoms with van der Waals surface area (Å²) < 4.78 is 19.0. The molecule has 2 fully saturated rings. The number of methoxy groups -OCH3 is 1. The van der Waals surface area contributed by atoms with E-state index in [1.54, 1.807) is 0 Å². The predicted octanol–water partition coefficient (Wildman–Crippen LogP) is 4.93. The number of carbonyl (C=O) groups excluding carboxylic acids is 2. The molecule has 3 heterocycles. The lowest BCUT2D eigenvalue weighted by Gasteiger charge is -2.34. The molecule has 0 radical (unpaired) electrons. The first-order valence-corrected chi connectivity index (χ1v) is 13.0. The molecule has 6 rings (SSSR count). The van der Waals surface area contributed by atoms with Crippen LogP contribution in [0.5, 0.6) is 5.75 Å². The van der Waals surface area contributed by atoms with Crippen molar-refractivity contribution in [1.29, 1.82) is 0 Å².